The van der Waals surface area contributed by atoms with E-state index in [2.05, 4.69) is 0 Å². The average Bonchev–Trinajstić information content (AvgIpc) is 2.56. The molecule has 0 aromatic heterocycles. The first-order valence-electron chi connectivity index (χ1n) is 7.19. The number of aryl methyl sites for hydroxylation is 1. The van der Waals surface area contributed by atoms with E-state index in [-0.39, 0.29) is 6.42 Å². The average molecular weight is 312 g/mol. The minimum absolute atomic E-state index is 0.286. The molecule has 0 radical (unpaired) electrons. The van der Waals surface area contributed by atoms with Crippen LogP contribution in [0.5, 0.6) is 11.5 Å². The van der Waals surface area contributed by atoms with Crippen molar-refractivity contribution in [2.24, 2.45) is 0 Å². The summed E-state index contributed by atoms with van der Waals surface area (Å²) in [5.74, 6) is -0.258. The third-order valence-electron chi connectivity index (χ3n) is 4.33. The lowest BCUT2D eigenvalue weighted by molar-refractivity contribution is -0.342. The number of ether oxygens (including phenoxy) is 3. The zero-order valence-electron chi connectivity index (χ0n) is 12.2. The van der Waals surface area contributed by atoms with Crippen LogP contribution in [-0.2, 0) is 11.2 Å². The summed E-state index contributed by atoms with van der Waals surface area (Å²) in [5, 5.41) is 39.4. The number of hydrogen-bond donors (Lipinski definition) is 4. The number of rotatable bonds is 2. The molecule has 122 valence electrons. The van der Waals surface area contributed by atoms with Crippen LogP contribution in [0.1, 0.15) is 12.0 Å². The summed E-state index contributed by atoms with van der Waals surface area (Å²) in [5.41, 5.74) is 0.905. The molecule has 1 fully saturated rings. The Morgan fingerprint density at radius 1 is 1.27 bits per heavy atom. The molecule has 1 saturated heterocycles. The van der Waals surface area contributed by atoms with Crippen molar-refractivity contribution in [2.45, 2.75) is 43.0 Å². The van der Waals surface area contributed by atoms with Gasteiger partial charge in [-0.05, 0) is 30.2 Å². The van der Waals surface area contributed by atoms with E-state index in [9.17, 15) is 20.4 Å². The predicted octanol–water partition coefficient (Wildman–Crippen LogP) is -0.810. The zero-order chi connectivity index (χ0) is 15.9. The van der Waals surface area contributed by atoms with E-state index in [4.69, 9.17) is 14.2 Å². The van der Waals surface area contributed by atoms with Gasteiger partial charge in [0.05, 0.1) is 13.7 Å². The van der Waals surface area contributed by atoms with Crippen molar-refractivity contribution in [3.63, 3.8) is 0 Å². The Morgan fingerprint density at radius 3 is 2.73 bits per heavy atom. The van der Waals surface area contributed by atoms with Crippen molar-refractivity contribution in [1.29, 1.82) is 0 Å². The number of benzene rings is 1. The molecular weight excluding hydrogens is 292 g/mol. The monoisotopic (exact) mass is 312 g/mol. The normalized spacial score (nSPS) is 37.5. The predicted molar refractivity (Wildman–Crippen MR) is 74.7 cm³/mol. The summed E-state index contributed by atoms with van der Waals surface area (Å²) in [6, 6.07) is 5.27. The second-order valence-electron chi connectivity index (χ2n) is 5.65. The largest absolute Gasteiger partial charge is 0.497 e. The molecule has 1 aromatic carbocycles. The highest BCUT2D eigenvalue weighted by Crippen LogP contribution is 2.42. The smallest absolute Gasteiger partial charge is 0.240 e. The van der Waals surface area contributed by atoms with Gasteiger partial charge in [0.2, 0.25) is 5.79 Å². The number of aliphatic hydroxyl groups is 4. The molecule has 2 heterocycles. The molecule has 0 saturated carbocycles. The second kappa shape index (κ2) is 5.68. The first-order chi connectivity index (χ1) is 10.5. The molecule has 7 heteroatoms. The van der Waals surface area contributed by atoms with Crippen molar-refractivity contribution in [1.82, 2.24) is 0 Å². The number of hydrogen-bond acceptors (Lipinski definition) is 7. The van der Waals surface area contributed by atoms with Gasteiger partial charge in [0, 0.05) is 6.42 Å². The fourth-order valence-corrected chi connectivity index (χ4v) is 3.02. The van der Waals surface area contributed by atoms with E-state index >= 15 is 0 Å². The second-order valence-corrected chi connectivity index (χ2v) is 5.65. The molecular formula is C15H20O7. The molecule has 2 aliphatic heterocycles. The lowest BCUT2D eigenvalue weighted by Gasteiger charge is -2.49. The Kier molecular flexibility index (Phi) is 4.00. The fourth-order valence-electron chi connectivity index (χ4n) is 3.02. The van der Waals surface area contributed by atoms with Gasteiger partial charge in [-0.3, -0.25) is 0 Å². The Bertz CT molecular complexity index is 547. The third kappa shape index (κ3) is 2.35. The maximum absolute atomic E-state index is 10.3. The van der Waals surface area contributed by atoms with Gasteiger partial charge in [0.1, 0.15) is 35.9 Å². The van der Waals surface area contributed by atoms with Gasteiger partial charge in [-0.1, -0.05) is 0 Å². The lowest BCUT2D eigenvalue weighted by Crippen LogP contribution is -2.68. The highest BCUT2D eigenvalue weighted by atomic mass is 16.7. The van der Waals surface area contributed by atoms with Gasteiger partial charge in [0.15, 0.2) is 0 Å². The molecule has 5 atom stereocenters. The van der Waals surface area contributed by atoms with Crippen LogP contribution in [0, 0.1) is 0 Å². The molecule has 0 aliphatic carbocycles. The van der Waals surface area contributed by atoms with Gasteiger partial charge < -0.3 is 34.6 Å². The Morgan fingerprint density at radius 2 is 2.05 bits per heavy atom. The topological polar surface area (TPSA) is 109 Å². The van der Waals surface area contributed by atoms with Crippen LogP contribution in [0.25, 0.3) is 0 Å². The van der Waals surface area contributed by atoms with Crippen LogP contribution in [-0.4, -0.2) is 64.3 Å². The van der Waals surface area contributed by atoms with Gasteiger partial charge in [0.25, 0.3) is 0 Å². The highest BCUT2D eigenvalue weighted by molar-refractivity contribution is 5.42. The van der Waals surface area contributed by atoms with E-state index in [1.807, 2.05) is 6.07 Å². The zero-order valence-corrected chi connectivity index (χ0v) is 12.2. The Labute approximate surface area is 127 Å². The van der Waals surface area contributed by atoms with Gasteiger partial charge >= 0.3 is 0 Å². The Hall–Kier alpha value is -1.38. The molecule has 2 aliphatic rings. The first kappa shape index (κ1) is 15.5. The lowest BCUT2D eigenvalue weighted by atomic mass is 9.87. The van der Waals surface area contributed by atoms with Crippen LogP contribution < -0.4 is 9.47 Å². The van der Waals surface area contributed by atoms with Crippen molar-refractivity contribution in [2.75, 3.05) is 13.7 Å². The van der Waals surface area contributed by atoms with Gasteiger partial charge in [-0.15, -0.1) is 0 Å². The molecule has 1 aromatic rings. The summed E-state index contributed by atoms with van der Waals surface area (Å²) in [4.78, 5) is 0. The minimum Gasteiger partial charge on any atom is -0.497 e. The molecule has 1 spiro atoms. The van der Waals surface area contributed by atoms with Gasteiger partial charge in [-0.25, -0.2) is 0 Å². The quantitative estimate of drug-likeness (QED) is 0.565. The van der Waals surface area contributed by atoms with Crippen LogP contribution in [0.3, 0.4) is 0 Å². The summed E-state index contributed by atoms with van der Waals surface area (Å²) < 4.78 is 16.6. The fraction of sp³-hybridized carbons (Fsp3) is 0.600. The van der Waals surface area contributed by atoms with Crippen molar-refractivity contribution >= 4 is 0 Å². The molecule has 0 amide bonds. The minimum atomic E-state index is -1.48. The van der Waals surface area contributed by atoms with E-state index in [0.29, 0.717) is 17.9 Å². The van der Waals surface area contributed by atoms with Crippen molar-refractivity contribution < 1.29 is 34.6 Å². The van der Waals surface area contributed by atoms with Crippen LogP contribution in [0.2, 0.25) is 0 Å². The maximum Gasteiger partial charge on any atom is 0.240 e. The first-order valence-corrected chi connectivity index (χ1v) is 7.19. The third-order valence-corrected chi connectivity index (χ3v) is 4.33. The molecule has 0 bridgehead atoms. The summed E-state index contributed by atoms with van der Waals surface area (Å²) in [7, 11) is 1.57. The summed E-state index contributed by atoms with van der Waals surface area (Å²) in [6.07, 6.45) is -4.42. The van der Waals surface area contributed by atoms with Crippen molar-refractivity contribution in [3.05, 3.63) is 23.8 Å². The van der Waals surface area contributed by atoms with Crippen molar-refractivity contribution in [3.8, 4) is 11.5 Å². The SMILES string of the molecule is COc1ccc2c(c1)CCC1(O2)OC(CO)C(O)C(O)C1O. The van der Waals surface area contributed by atoms with E-state index in [0.717, 1.165) is 5.56 Å². The molecule has 4 N–H and O–H groups in total. The Balaban J connectivity index is 1.90. The van der Waals surface area contributed by atoms with Crippen LogP contribution in [0.4, 0.5) is 0 Å². The number of methoxy groups -OCH3 is 1. The molecule has 5 unspecified atom stereocenters. The van der Waals surface area contributed by atoms with E-state index < -0.39 is 36.8 Å². The highest BCUT2D eigenvalue weighted by Gasteiger charge is 2.56. The number of fused-ring (bicyclic) bond motifs is 1. The summed E-state index contributed by atoms with van der Waals surface area (Å²) in [6.45, 7) is -0.481. The molecule has 22 heavy (non-hydrogen) atoms. The summed E-state index contributed by atoms with van der Waals surface area (Å²) >= 11 is 0. The van der Waals surface area contributed by atoms with Crippen LogP contribution in [0.15, 0.2) is 18.2 Å². The van der Waals surface area contributed by atoms with Crippen LogP contribution >= 0.6 is 0 Å². The molecule has 7 nitrogen and oxygen atoms in total. The van der Waals surface area contributed by atoms with E-state index in [1.165, 1.54) is 0 Å². The van der Waals surface area contributed by atoms with E-state index in [1.54, 1.807) is 19.2 Å². The number of aliphatic hydroxyl groups excluding tert-OH is 4. The maximum atomic E-state index is 10.3. The van der Waals surface area contributed by atoms with Gasteiger partial charge in [-0.2, -0.15) is 0 Å². The molecule has 3 rings (SSSR count). The standard InChI is InChI=1S/C15H20O7/c1-20-9-2-3-10-8(6-9)4-5-15(21-10)14(19)13(18)12(17)11(7-16)22-15/h2-3,6,11-14,16-19H,4-5,7H2,1H3.